The monoisotopic (exact) mass is 112 g/mol. The van der Waals surface area contributed by atoms with Gasteiger partial charge in [-0.25, -0.2) is 4.39 Å². The third kappa shape index (κ3) is 3.34. The van der Waals surface area contributed by atoms with Crippen molar-refractivity contribution in [2.24, 2.45) is 0 Å². The fourth-order valence-electron chi connectivity index (χ4n) is 0.341. The maximum atomic E-state index is 11.3. The first-order chi connectivity index (χ1) is 3.81. The molecule has 0 aromatic heterocycles. The summed E-state index contributed by atoms with van der Waals surface area (Å²) in [6.45, 7) is 5.25. The second-order valence-corrected chi connectivity index (χ2v) is 1.44. The van der Waals surface area contributed by atoms with Crippen LogP contribution in [0.1, 0.15) is 6.92 Å². The maximum absolute atomic E-state index is 11.3. The molecule has 1 heteroatoms. The zero-order valence-corrected chi connectivity index (χ0v) is 4.89. The first-order valence-corrected chi connectivity index (χ1v) is 2.37. The Kier molecular flexibility index (Phi) is 3.85. The molecule has 44 valence electrons. The third-order valence-electron chi connectivity index (χ3n) is 0.707. The number of allylic oxidation sites excluding steroid dienone is 4. The molecule has 0 N–H and O–H groups in total. The summed E-state index contributed by atoms with van der Waals surface area (Å²) in [6, 6.07) is 0. The van der Waals surface area contributed by atoms with Crippen molar-refractivity contribution in [3.63, 3.8) is 0 Å². The van der Waals surface area contributed by atoms with Crippen LogP contribution < -0.4 is 0 Å². The minimum atomic E-state index is 0.509. The summed E-state index contributed by atoms with van der Waals surface area (Å²) in [5.41, 5.74) is 0.863. The van der Waals surface area contributed by atoms with E-state index in [4.69, 9.17) is 0 Å². The van der Waals surface area contributed by atoms with Crippen molar-refractivity contribution < 1.29 is 4.39 Å². The number of halogens is 1. The Morgan fingerprint density at radius 2 is 2.25 bits per heavy atom. The molecule has 0 atom stereocenters. The predicted molar refractivity (Wildman–Crippen MR) is 34.2 cm³/mol. The molecular formula is C7H9F. The van der Waals surface area contributed by atoms with Gasteiger partial charge in [-0.05, 0) is 18.6 Å². The molecule has 0 aromatic rings. The lowest BCUT2D eigenvalue weighted by Gasteiger charge is -1.81. The number of hydrogen-bond acceptors (Lipinski definition) is 0. The second-order valence-electron chi connectivity index (χ2n) is 1.44. The minimum absolute atomic E-state index is 0.509. The number of hydrogen-bond donors (Lipinski definition) is 0. The Hall–Kier alpha value is -0.850. The SMILES string of the molecule is C=C/C=C(C)\C=C\F. The molecule has 0 radical (unpaired) electrons. The van der Waals surface area contributed by atoms with Gasteiger partial charge in [-0.2, -0.15) is 0 Å². The molecule has 0 fully saturated rings. The summed E-state index contributed by atoms with van der Waals surface area (Å²) in [6.07, 6.45) is 5.24. The van der Waals surface area contributed by atoms with Gasteiger partial charge >= 0.3 is 0 Å². The smallest absolute Gasteiger partial charge is 0.0869 e. The maximum Gasteiger partial charge on any atom is 0.0869 e. The fraction of sp³-hybridized carbons (Fsp3) is 0.143. The van der Waals surface area contributed by atoms with Crippen molar-refractivity contribution in [1.82, 2.24) is 0 Å². The van der Waals surface area contributed by atoms with Gasteiger partial charge in [0.05, 0.1) is 6.33 Å². The standard InChI is InChI=1S/C7H9F/c1-3-4-7(2)5-6-8/h3-6H,1H2,2H3/b6-5+,7-4-. The molecule has 0 spiro atoms. The fourth-order valence-corrected chi connectivity index (χ4v) is 0.341. The molecule has 0 saturated carbocycles. The van der Waals surface area contributed by atoms with Crippen molar-refractivity contribution in [2.45, 2.75) is 6.92 Å². The predicted octanol–water partition coefficient (Wildman–Crippen LogP) is 2.60. The van der Waals surface area contributed by atoms with Crippen molar-refractivity contribution in [3.8, 4) is 0 Å². The van der Waals surface area contributed by atoms with Crippen LogP contribution in [-0.2, 0) is 0 Å². The molecule has 0 heterocycles. The van der Waals surface area contributed by atoms with E-state index in [0.29, 0.717) is 6.33 Å². The van der Waals surface area contributed by atoms with Gasteiger partial charge in [0, 0.05) is 0 Å². The Morgan fingerprint density at radius 3 is 2.62 bits per heavy atom. The molecule has 8 heavy (non-hydrogen) atoms. The van der Waals surface area contributed by atoms with Crippen molar-refractivity contribution >= 4 is 0 Å². The summed E-state index contributed by atoms with van der Waals surface area (Å²) in [5.74, 6) is 0. The highest BCUT2D eigenvalue weighted by molar-refractivity contribution is 5.18. The highest BCUT2D eigenvalue weighted by Crippen LogP contribution is 1.93. The van der Waals surface area contributed by atoms with E-state index in [1.807, 2.05) is 0 Å². The molecule has 0 nitrogen and oxygen atoms in total. The van der Waals surface area contributed by atoms with E-state index in [1.165, 1.54) is 6.08 Å². The van der Waals surface area contributed by atoms with Crippen LogP contribution in [0, 0.1) is 0 Å². The van der Waals surface area contributed by atoms with Crippen LogP contribution in [0.15, 0.2) is 36.7 Å². The molecule has 0 amide bonds. The van der Waals surface area contributed by atoms with Crippen LogP contribution in [-0.4, -0.2) is 0 Å². The Morgan fingerprint density at radius 1 is 1.62 bits per heavy atom. The van der Waals surface area contributed by atoms with Gasteiger partial charge < -0.3 is 0 Å². The molecule has 0 rings (SSSR count). The normalized spacial score (nSPS) is 12.5. The highest BCUT2D eigenvalue weighted by Gasteiger charge is 1.73. The van der Waals surface area contributed by atoms with Gasteiger partial charge in [-0.3, -0.25) is 0 Å². The molecule has 0 aliphatic carbocycles. The third-order valence-corrected chi connectivity index (χ3v) is 0.707. The van der Waals surface area contributed by atoms with E-state index in [0.717, 1.165) is 5.57 Å². The molecule has 0 aliphatic heterocycles. The van der Waals surface area contributed by atoms with Crippen LogP contribution in [0.3, 0.4) is 0 Å². The molecule has 0 aliphatic rings. The van der Waals surface area contributed by atoms with E-state index in [9.17, 15) is 4.39 Å². The number of rotatable bonds is 2. The molecular weight excluding hydrogens is 103 g/mol. The van der Waals surface area contributed by atoms with Gasteiger partial charge in [-0.15, -0.1) is 0 Å². The van der Waals surface area contributed by atoms with Crippen molar-refractivity contribution in [3.05, 3.63) is 36.7 Å². The summed E-state index contributed by atoms with van der Waals surface area (Å²) in [4.78, 5) is 0. The van der Waals surface area contributed by atoms with E-state index in [-0.39, 0.29) is 0 Å². The largest absolute Gasteiger partial charge is 0.216 e. The van der Waals surface area contributed by atoms with Crippen molar-refractivity contribution in [1.29, 1.82) is 0 Å². The first kappa shape index (κ1) is 7.15. The summed E-state index contributed by atoms with van der Waals surface area (Å²) < 4.78 is 11.3. The van der Waals surface area contributed by atoms with E-state index in [2.05, 4.69) is 6.58 Å². The van der Waals surface area contributed by atoms with Crippen LogP contribution in [0.4, 0.5) is 4.39 Å². The summed E-state index contributed by atoms with van der Waals surface area (Å²) >= 11 is 0. The van der Waals surface area contributed by atoms with Crippen LogP contribution in [0.5, 0.6) is 0 Å². The topological polar surface area (TPSA) is 0 Å². The Bertz CT molecular complexity index is 120. The van der Waals surface area contributed by atoms with Gasteiger partial charge in [-0.1, -0.05) is 18.7 Å². The highest BCUT2D eigenvalue weighted by atomic mass is 19.1. The van der Waals surface area contributed by atoms with Gasteiger partial charge in [0.2, 0.25) is 0 Å². The summed E-state index contributed by atoms with van der Waals surface area (Å²) in [5, 5.41) is 0. The molecule has 0 aromatic carbocycles. The van der Waals surface area contributed by atoms with E-state index >= 15 is 0 Å². The molecule has 0 unspecified atom stereocenters. The van der Waals surface area contributed by atoms with Gasteiger partial charge in [0.15, 0.2) is 0 Å². The van der Waals surface area contributed by atoms with Crippen molar-refractivity contribution in [2.75, 3.05) is 0 Å². The average molecular weight is 112 g/mol. The Balaban J connectivity index is 3.79. The zero-order valence-electron chi connectivity index (χ0n) is 4.89. The van der Waals surface area contributed by atoms with Gasteiger partial charge in [0.25, 0.3) is 0 Å². The van der Waals surface area contributed by atoms with E-state index in [1.54, 1.807) is 19.1 Å². The lowest BCUT2D eigenvalue weighted by molar-refractivity contribution is 0.720. The lowest BCUT2D eigenvalue weighted by atomic mass is 10.3. The van der Waals surface area contributed by atoms with Crippen LogP contribution in [0.25, 0.3) is 0 Å². The summed E-state index contributed by atoms with van der Waals surface area (Å²) in [7, 11) is 0. The average Bonchev–Trinajstić information content (AvgIpc) is 1.68. The first-order valence-electron chi connectivity index (χ1n) is 2.37. The van der Waals surface area contributed by atoms with Gasteiger partial charge in [0.1, 0.15) is 0 Å². The quantitative estimate of drug-likeness (QED) is 0.481. The minimum Gasteiger partial charge on any atom is -0.216 e. The molecule has 0 saturated heterocycles. The zero-order chi connectivity index (χ0) is 6.41. The lowest BCUT2D eigenvalue weighted by Crippen LogP contribution is -1.61. The molecule has 0 bridgehead atoms. The van der Waals surface area contributed by atoms with Crippen LogP contribution >= 0.6 is 0 Å². The van der Waals surface area contributed by atoms with E-state index < -0.39 is 0 Å². The van der Waals surface area contributed by atoms with Crippen LogP contribution in [0.2, 0.25) is 0 Å². The second kappa shape index (κ2) is 4.31. The Labute approximate surface area is 49.0 Å².